The van der Waals surface area contributed by atoms with Gasteiger partial charge in [-0.25, -0.2) is 0 Å². The second-order valence-corrected chi connectivity index (χ2v) is 4.27. The molecule has 0 unspecified atom stereocenters. The van der Waals surface area contributed by atoms with Crippen LogP contribution < -0.4 is 15.2 Å². The van der Waals surface area contributed by atoms with E-state index in [0.717, 1.165) is 11.3 Å². The number of nitro groups is 1. The number of hydrogen-bond acceptors (Lipinski definition) is 5. The van der Waals surface area contributed by atoms with Crippen LogP contribution in [0, 0.1) is 10.1 Å². The number of ether oxygens (including phenoxy) is 2. The van der Waals surface area contributed by atoms with Gasteiger partial charge in [0.1, 0.15) is 19.0 Å². The zero-order valence-corrected chi connectivity index (χ0v) is 11.4. The van der Waals surface area contributed by atoms with E-state index < -0.39 is 4.92 Å². The van der Waals surface area contributed by atoms with Crippen molar-refractivity contribution in [3.63, 3.8) is 0 Å². The van der Waals surface area contributed by atoms with Gasteiger partial charge in [-0.3, -0.25) is 10.1 Å². The maximum absolute atomic E-state index is 10.9. The van der Waals surface area contributed by atoms with E-state index in [9.17, 15) is 10.1 Å². The number of hydrogen-bond donors (Lipinski definition) is 1. The normalized spacial score (nSPS) is 10.1. The summed E-state index contributed by atoms with van der Waals surface area (Å²) < 4.78 is 10.9. The van der Waals surface area contributed by atoms with Crippen molar-refractivity contribution in [1.82, 2.24) is 0 Å². The molecule has 0 saturated heterocycles. The highest BCUT2D eigenvalue weighted by molar-refractivity contribution is 5.48. The summed E-state index contributed by atoms with van der Waals surface area (Å²) in [6.45, 7) is 0.812. The van der Waals surface area contributed by atoms with Crippen molar-refractivity contribution in [2.75, 3.05) is 13.2 Å². The number of benzene rings is 2. The fourth-order valence-corrected chi connectivity index (χ4v) is 1.78. The predicted molar refractivity (Wildman–Crippen MR) is 78.4 cm³/mol. The molecule has 0 spiro atoms. The molecule has 0 aromatic heterocycles. The summed E-state index contributed by atoms with van der Waals surface area (Å²) in [5, 5.41) is 10.9. The van der Waals surface area contributed by atoms with Gasteiger partial charge in [0.05, 0.1) is 4.92 Å². The molecule has 2 rings (SSSR count). The molecule has 21 heavy (non-hydrogen) atoms. The molecule has 0 saturated carbocycles. The third-order valence-corrected chi connectivity index (χ3v) is 2.81. The molecule has 6 nitrogen and oxygen atoms in total. The first-order valence-electron chi connectivity index (χ1n) is 6.48. The first kappa shape index (κ1) is 14.8. The lowest BCUT2D eigenvalue weighted by Crippen LogP contribution is -2.10. The Morgan fingerprint density at radius 3 is 2.43 bits per heavy atom. The molecule has 0 fully saturated rings. The van der Waals surface area contributed by atoms with Gasteiger partial charge in [0.25, 0.3) is 0 Å². The molecule has 2 N–H and O–H groups in total. The van der Waals surface area contributed by atoms with Crippen LogP contribution in [0.15, 0.2) is 48.5 Å². The maximum Gasteiger partial charge on any atom is 0.310 e. The van der Waals surface area contributed by atoms with Gasteiger partial charge in [-0.05, 0) is 23.8 Å². The molecule has 0 atom stereocenters. The number of nitro benzene ring substituents is 1. The summed E-state index contributed by atoms with van der Waals surface area (Å²) in [6, 6.07) is 13.9. The van der Waals surface area contributed by atoms with Crippen molar-refractivity contribution in [2.45, 2.75) is 6.54 Å². The van der Waals surface area contributed by atoms with E-state index in [1.54, 1.807) is 12.1 Å². The average Bonchev–Trinajstić information content (AvgIpc) is 2.52. The van der Waals surface area contributed by atoms with E-state index in [4.69, 9.17) is 15.2 Å². The standard InChI is InChI=1S/C15H16N2O4/c16-11-12-6-7-14(17(18)19)15(10-12)21-9-8-20-13-4-2-1-3-5-13/h1-7,10H,8-9,11,16H2. The molecule has 0 aliphatic heterocycles. The van der Waals surface area contributed by atoms with E-state index in [1.807, 2.05) is 30.3 Å². The minimum absolute atomic E-state index is 0.0769. The summed E-state index contributed by atoms with van der Waals surface area (Å²) >= 11 is 0. The monoisotopic (exact) mass is 288 g/mol. The Balaban J connectivity index is 1.94. The molecule has 0 aliphatic carbocycles. The van der Waals surface area contributed by atoms with Crippen LogP contribution in [-0.2, 0) is 6.54 Å². The smallest absolute Gasteiger partial charge is 0.310 e. The van der Waals surface area contributed by atoms with Crippen LogP contribution in [0.3, 0.4) is 0 Å². The van der Waals surface area contributed by atoms with Crippen LogP contribution in [0.5, 0.6) is 11.5 Å². The highest BCUT2D eigenvalue weighted by Gasteiger charge is 2.15. The van der Waals surface area contributed by atoms with Crippen LogP contribution in [0.4, 0.5) is 5.69 Å². The van der Waals surface area contributed by atoms with Gasteiger partial charge in [-0.1, -0.05) is 24.3 Å². The van der Waals surface area contributed by atoms with Gasteiger partial charge in [0.2, 0.25) is 0 Å². The Kier molecular flexibility index (Phi) is 5.11. The predicted octanol–water partition coefficient (Wildman–Crippen LogP) is 2.51. The summed E-state index contributed by atoms with van der Waals surface area (Å²) in [4.78, 5) is 10.5. The number of nitrogens with zero attached hydrogens (tertiary/aromatic N) is 1. The molecule has 0 radical (unpaired) electrons. The minimum Gasteiger partial charge on any atom is -0.490 e. The van der Waals surface area contributed by atoms with E-state index in [2.05, 4.69) is 0 Å². The summed E-state index contributed by atoms with van der Waals surface area (Å²) in [5.74, 6) is 0.936. The second-order valence-electron chi connectivity index (χ2n) is 4.27. The van der Waals surface area contributed by atoms with Crippen LogP contribution in [0.2, 0.25) is 0 Å². The van der Waals surface area contributed by atoms with Crippen molar-refractivity contribution >= 4 is 5.69 Å². The Hall–Kier alpha value is -2.60. The Morgan fingerprint density at radius 2 is 1.76 bits per heavy atom. The molecule has 0 aliphatic rings. The highest BCUT2D eigenvalue weighted by atomic mass is 16.6. The SMILES string of the molecule is NCc1ccc([N+](=O)[O-])c(OCCOc2ccccc2)c1. The number of para-hydroxylation sites is 1. The quantitative estimate of drug-likeness (QED) is 0.480. The molecular weight excluding hydrogens is 272 g/mol. The average molecular weight is 288 g/mol. The van der Waals surface area contributed by atoms with Gasteiger partial charge in [-0.2, -0.15) is 0 Å². The zero-order valence-electron chi connectivity index (χ0n) is 11.4. The lowest BCUT2D eigenvalue weighted by atomic mass is 10.2. The zero-order chi connectivity index (χ0) is 15.1. The Bertz CT molecular complexity index is 602. The van der Waals surface area contributed by atoms with E-state index in [0.29, 0.717) is 13.2 Å². The third kappa shape index (κ3) is 4.19. The molecule has 2 aromatic rings. The van der Waals surface area contributed by atoms with Crippen LogP contribution in [0.25, 0.3) is 0 Å². The molecule has 0 amide bonds. The lowest BCUT2D eigenvalue weighted by Gasteiger charge is -2.09. The largest absolute Gasteiger partial charge is 0.490 e. The lowest BCUT2D eigenvalue weighted by molar-refractivity contribution is -0.385. The third-order valence-electron chi connectivity index (χ3n) is 2.81. The van der Waals surface area contributed by atoms with E-state index in [-0.39, 0.29) is 18.0 Å². The maximum atomic E-state index is 10.9. The molecule has 2 aromatic carbocycles. The van der Waals surface area contributed by atoms with Crippen molar-refractivity contribution < 1.29 is 14.4 Å². The van der Waals surface area contributed by atoms with E-state index in [1.165, 1.54) is 6.07 Å². The fraction of sp³-hybridized carbons (Fsp3) is 0.200. The fourth-order valence-electron chi connectivity index (χ4n) is 1.78. The first-order valence-corrected chi connectivity index (χ1v) is 6.48. The number of nitrogens with two attached hydrogens (primary N) is 1. The van der Waals surface area contributed by atoms with Gasteiger partial charge < -0.3 is 15.2 Å². The number of rotatable bonds is 7. The van der Waals surface area contributed by atoms with Crippen molar-refractivity contribution in [3.8, 4) is 11.5 Å². The first-order chi connectivity index (χ1) is 10.2. The highest BCUT2D eigenvalue weighted by Crippen LogP contribution is 2.27. The van der Waals surface area contributed by atoms with Gasteiger partial charge in [0.15, 0.2) is 5.75 Å². The topological polar surface area (TPSA) is 87.6 Å². The van der Waals surface area contributed by atoms with Crippen LogP contribution >= 0.6 is 0 Å². The summed E-state index contributed by atoms with van der Waals surface area (Å²) in [5.41, 5.74) is 6.23. The summed E-state index contributed by atoms with van der Waals surface area (Å²) in [7, 11) is 0. The van der Waals surface area contributed by atoms with Gasteiger partial charge >= 0.3 is 5.69 Å². The molecule has 0 heterocycles. The second kappa shape index (κ2) is 7.25. The summed E-state index contributed by atoms with van der Waals surface area (Å²) in [6.07, 6.45) is 0. The van der Waals surface area contributed by atoms with E-state index >= 15 is 0 Å². The van der Waals surface area contributed by atoms with Gasteiger partial charge in [0, 0.05) is 12.6 Å². The van der Waals surface area contributed by atoms with Crippen molar-refractivity contribution in [3.05, 3.63) is 64.2 Å². The Labute approximate surface area is 122 Å². The van der Waals surface area contributed by atoms with Crippen LogP contribution in [0.1, 0.15) is 5.56 Å². The van der Waals surface area contributed by atoms with Crippen molar-refractivity contribution in [2.24, 2.45) is 5.73 Å². The van der Waals surface area contributed by atoms with Crippen LogP contribution in [-0.4, -0.2) is 18.1 Å². The molecule has 6 heteroatoms. The molecule has 110 valence electrons. The molecule has 0 bridgehead atoms. The van der Waals surface area contributed by atoms with Gasteiger partial charge in [-0.15, -0.1) is 0 Å². The molecular formula is C15H16N2O4. The Morgan fingerprint density at radius 1 is 1.05 bits per heavy atom. The van der Waals surface area contributed by atoms with Crippen molar-refractivity contribution in [1.29, 1.82) is 0 Å². The minimum atomic E-state index is -0.478.